The van der Waals surface area contributed by atoms with E-state index in [2.05, 4.69) is 35.2 Å². The topological polar surface area (TPSA) is 20.3 Å². The number of carbonyl (C=O) groups is 1. The molecule has 98 valence electrons. The van der Waals surface area contributed by atoms with Crippen LogP contribution in [0.3, 0.4) is 0 Å². The molecule has 1 unspecified atom stereocenters. The fourth-order valence-electron chi connectivity index (χ4n) is 2.71. The third-order valence-electron chi connectivity index (χ3n) is 3.77. The van der Waals surface area contributed by atoms with Crippen molar-refractivity contribution in [2.75, 3.05) is 19.6 Å². The van der Waals surface area contributed by atoms with E-state index >= 15 is 0 Å². The zero-order valence-corrected chi connectivity index (χ0v) is 11.1. The van der Waals surface area contributed by atoms with Gasteiger partial charge in [0.1, 0.15) is 6.29 Å². The van der Waals surface area contributed by atoms with Crippen molar-refractivity contribution in [2.45, 2.75) is 32.1 Å². The van der Waals surface area contributed by atoms with Gasteiger partial charge in [0.2, 0.25) is 0 Å². The van der Waals surface area contributed by atoms with Crippen molar-refractivity contribution >= 4 is 6.29 Å². The number of benzene rings is 1. The van der Waals surface area contributed by atoms with E-state index in [1.54, 1.807) is 0 Å². The van der Waals surface area contributed by atoms with Crippen LogP contribution < -0.4 is 0 Å². The summed E-state index contributed by atoms with van der Waals surface area (Å²) in [7, 11) is 0. The highest BCUT2D eigenvalue weighted by molar-refractivity contribution is 5.53. The fraction of sp³-hybridized carbons (Fsp3) is 0.562. The van der Waals surface area contributed by atoms with Crippen LogP contribution in [0.4, 0.5) is 0 Å². The molecule has 0 N–H and O–H groups in total. The lowest BCUT2D eigenvalue weighted by molar-refractivity contribution is -0.112. The minimum absolute atomic E-state index is 0.285. The van der Waals surface area contributed by atoms with Crippen LogP contribution in [0, 0.1) is 5.92 Å². The second kappa shape index (κ2) is 7.32. The molecule has 0 radical (unpaired) electrons. The van der Waals surface area contributed by atoms with Crippen LogP contribution in [-0.4, -0.2) is 30.8 Å². The molecule has 0 saturated carbocycles. The number of hydrogen-bond donors (Lipinski definition) is 0. The Morgan fingerprint density at radius 3 is 2.83 bits per heavy atom. The third-order valence-corrected chi connectivity index (χ3v) is 3.77. The highest BCUT2D eigenvalue weighted by atomic mass is 16.1. The van der Waals surface area contributed by atoms with E-state index in [4.69, 9.17) is 0 Å². The Morgan fingerprint density at radius 2 is 2.06 bits per heavy atom. The second-order valence-electron chi connectivity index (χ2n) is 5.28. The monoisotopic (exact) mass is 245 g/mol. The van der Waals surface area contributed by atoms with Crippen molar-refractivity contribution in [3.8, 4) is 0 Å². The first-order chi connectivity index (χ1) is 8.88. The Bertz CT molecular complexity index is 349. The summed E-state index contributed by atoms with van der Waals surface area (Å²) in [5, 5.41) is 0. The molecule has 18 heavy (non-hydrogen) atoms. The van der Waals surface area contributed by atoms with Gasteiger partial charge in [-0.2, -0.15) is 0 Å². The van der Waals surface area contributed by atoms with Crippen LogP contribution in [0.2, 0.25) is 0 Å². The Hall–Kier alpha value is -1.15. The summed E-state index contributed by atoms with van der Waals surface area (Å²) in [6, 6.07) is 10.7. The summed E-state index contributed by atoms with van der Waals surface area (Å²) in [4.78, 5) is 13.2. The summed E-state index contributed by atoms with van der Waals surface area (Å²) in [5.74, 6) is 0.285. The van der Waals surface area contributed by atoms with Gasteiger partial charge in [0.15, 0.2) is 0 Å². The molecule has 1 heterocycles. The Morgan fingerprint density at radius 1 is 1.22 bits per heavy atom. The lowest BCUT2D eigenvalue weighted by Crippen LogP contribution is -2.36. The van der Waals surface area contributed by atoms with E-state index < -0.39 is 0 Å². The van der Waals surface area contributed by atoms with Gasteiger partial charge in [0.25, 0.3) is 0 Å². The van der Waals surface area contributed by atoms with E-state index in [-0.39, 0.29) is 5.92 Å². The van der Waals surface area contributed by atoms with E-state index in [0.717, 1.165) is 25.8 Å². The molecule has 0 aromatic heterocycles. The van der Waals surface area contributed by atoms with Gasteiger partial charge in [-0.05, 0) is 50.8 Å². The normalized spacial score (nSPS) is 20.8. The van der Waals surface area contributed by atoms with E-state index in [1.165, 1.54) is 37.8 Å². The number of likely N-dealkylation sites (tertiary alicyclic amines) is 1. The number of aldehydes is 1. The van der Waals surface area contributed by atoms with Crippen molar-refractivity contribution in [1.82, 2.24) is 4.90 Å². The summed E-state index contributed by atoms with van der Waals surface area (Å²) >= 11 is 0. The van der Waals surface area contributed by atoms with Crippen LogP contribution in [0.15, 0.2) is 30.3 Å². The molecule has 1 atom stereocenters. The fourth-order valence-corrected chi connectivity index (χ4v) is 2.71. The predicted octanol–water partition coefficient (Wildman–Crippen LogP) is 2.92. The molecule has 0 spiro atoms. The minimum Gasteiger partial charge on any atom is -0.303 e. The molecular formula is C16H23NO. The number of nitrogens with zero attached hydrogens (tertiary/aromatic N) is 1. The van der Waals surface area contributed by atoms with Gasteiger partial charge in [-0.15, -0.1) is 0 Å². The van der Waals surface area contributed by atoms with Crippen LogP contribution in [0.25, 0.3) is 0 Å². The van der Waals surface area contributed by atoms with Crippen molar-refractivity contribution in [3.05, 3.63) is 35.9 Å². The van der Waals surface area contributed by atoms with E-state index in [1.807, 2.05) is 0 Å². The van der Waals surface area contributed by atoms with Crippen LogP contribution in [0.5, 0.6) is 0 Å². The van der Waals surface area contributed by atoms with Gasteiger partial charge >= 0.3 is 0 Å². The summed E-state index contributed by atoms with van der Waals surface area (Å²) < 4.78 is 0. The first-order valence-electron chi connectivity index (χ1n) is 7.10. The maximum absolute atomic E-state index is 10.8. The predicted molar refractivity (Wildman–Crippen MR) is 74.6 cm³/mol. The molecule has 0 amide bonds. The minimum atomic E-state index is 0.285. The van der Waals surface area contributed by atoms with Crippen molar-refractivity contribution in [1.29, 1.82) is 0 Å². The average molecular weight is 245 g/mol. The second-order valence-corrected chi connectivity index (χ2v) is 5.28. The standard InChI is InChI=1S/C16H23NO/c18-14-16-10-6-12-17(13-16)11-5-4-9-15-7-2-1-3-8-15/h1-3,7-8,14,16H,4-6,9-13H2. The molecule has 1 saturated heterocycles. The lowest BCUT2D eigenvalue weighted by atomic mass is 9.99. The first-order valence-corrected chi connectivity index (χ1v) is 7.10. The van der Waals surface area contributed by atoms with Crippen LogP contribution in [0.1, 0.15) is 31.2 Å². The maximum Gasteiger partial charge on any atom is 0.124 e. The zero-order valence-electron chi connectivity index (χ0n) is 11.1. The smallest absolute Gasteiger partial charge is 0.124 e. The van der Waals surface area contributed by atoms with Crippen molar-refractivity contribution in [2.24, 2.45) is 5.92 Å². The molecule has 2 nitrogen and oxygen atoms in total. The molecule has 1 aromatic carbocycles. The van der Waals surface area contributed by atoms with E-state index in [0.29, 0.717) is 0 Å². The maximum atomic E-state index is 10.8. The van der Waals surface area contributed by atoms with Gasteiger partial charge in [0.05, 0.1) is 0 Å². The Kier molecular flexibility index (Phi) is 5.40. The molecule has 0 aliphatic carbocycles. The first kappa shape index (κ1) is 13.3. The molecule has 2 rings (SSSR count). The molecule has 1 aliphatic heterocycles. The largest absolute Gasteiger partial charge is 0.303 e. The van der Waals surface area contributed by atoms with Gasteiger partial charge < -0.3 is 9.69 Å². The van der Waals surface area contributed by atoms with Gasteiger partial charge in [-0.1, -0.05) is 30.3 Å². The Balaban J connectivity index is 1.62. The number of rotatable bonds is 6. The molecule has 0 bridgehead atoms. The molecule has 1 fully saturated rings. The lowest BCUT2D eigenvalue weighted by Gasteiger charge is -2.29. The molecular weight excluding hydrogens is 222 g/mol. The van der Waals surface area contributed by atoms with Crippen molar-refractivity contribution in [3.63, 3.8) is 0 Å². The van der Waals surface area contributed by atoms with Gasteiger partial charge in [-0.3, -0.25) is 0 Å². The van der Waals surface area contributed by atoms with Crippen molar-refractivity contribution < 1.29 is 4.79 Å². The van der Waals surface area contributed by atoms with Crippen LogP contribution in [-0.2, 0) is 11.2 Å². The SMILES string of the molecule is O=CC1CCCN(CCCCc2ccccc2)C1. The third kappa shape index (κ3) is 4.26. The summed E-state index contributed by atoms with van der Waals surface area (Å²) in [5.41, 5.74) is 1.43. The number of aryl methyl sites for hydroxylation is 1. The highest BCUT2D eigenvalue weighted by Crippen LogP contribution is 2.15. The molecule has 1 aromatic rings. The molecule has 2 heteroatoms. The quantitative estimate of drug-likeness (QED) is 0.567. The zero-order chi connectivity index (χ0) is 12.6. The number of unbranched alkanes of at least 4 members (excludes halogenated alkanes) is 1. The number of carbonyl (C=O) groups excluding carboxylic acids is 1. The summed E-state index contributed by atoms with van der Waals surface area (Å²) in [6.07, 6.45) is 7.06. The van der Waals surface area contributed by atoms with Gasteiger partial charge in [-0.25, -0.2) is 0 Å². The van der Waals surface area contributed by atoms with Crippen LogP contribution >= 0.6 is 0 Å². The average Bonchev–Trinajstić information content (AvgIpc) is 2.45. The van der Waals surface area contributed by atoms with Gasteiger partial charge in [0, 0.05) is 12.5 Å². The highest BCUT2D eigenvalue weighted by Gasteiger charge is 2.18. The number of piperidine rings is 1. The number of hydrogen-bond acceptors (Lipinski definition) is 2. The Labute approximate surface area is 110 Å². The molecule has 1 aliphatic rings. The van der Waals surface area contributed by atoms with E-state index in [9.17, 15) is 4.79 Å². The summed E-state index contributed by atoms with van der Waals surface area (Å²) in [6.45, 7) is 3.31.